The zero-order valence-corrected chi connectivity index (χ0v) is 11.6. The second-order valence-electron chi connectivity index (χ2n) is 5.05. The lowest BCUT2D eigenvalue weighted by atomic mass is 10.1. The number of carbonyl (C=O) groups is 1. The Morgan fingerprint density at radius 2 is 2.25 bits per heavy atom. The SMILES string of the molecule is Cc1n[nH]c(C)c1CNC(=O)C1Cc2ccccc2O1. The number of para-hydroxylation sites is 1. The lowest BCUT2D eigenvalue weighted by Gasteiger charge is -2.11. The normalized spacial score (nSPS) is 16.6. The molecule has 1 aliphatic heterocycles. The maximum absolute atomic E-state index is 12.2. The van der Waals surface area contributed by atoms with E-state index in [-0.39, 0.29) is 5.91 Å². The van der Waals surface area contributed by atoms with Gasteiger partial charge in [0.05, 0.1) is 5.69 Å². The Morgan fingerprint density at radius 1 is 1.45 bits per heavy atom. The fraction of sp³-hybridized carbons (Fsp3) is 0.333. The number of hydrogen-bond acceptors (Lipinski definition) is 3. The van der Waals surface area contributed by atoms with Gasteiger partial charge in [-0.25, -0.2) is 0 Å². The molecule has 0 fully saturated rings. The number of hydrogen-bond donors (Lipinski definition) is 2. The predicted octanol–water partition coefficient (Wildman–Crippen LogP) is 1.65. The highest BCUT2D eigenvalue weighted by Crippen LogP contribution is 2.28. The monoisotopic (exact) mass is 271 g/mol. The van der Waals surface area contributed by atoms with E-state index in [2.05, 4.69) is 15.5 Å². The third-order valence-electron chi connectivity index (χ3n) is 3.66. The van der Waals surface area contributed by atoms with Gasteiger partial charge in [0.1, 0.15) is 5.75 Å². The van der Waals surface area contributed by atoms with Crippen LogP contribution in [0.2, 0.25) is 0 Å². The van der Waals surface area contributed by atoms with Crippen LogP contribution >= 0.6 is 0 Å². The summed E-state index contributed by atoms with van der Waals surface area (Å²) in [7, 11) is 0. The second kappa shape index (κ2) is 5.00. The number of benzene rings is 1. The molecule has 1 aromatic heterocycles. The second-order valence-corrected chi connectivity index (χ2v) is 5.05. The first-order valence-electron chi connectivity index (χ1n) is 6.68. The van der Waals surface area contributed by atoms with Crippen molar-refractivity contribution in [1.82, 2.24) is 15.5 Å². The molecule has 0 aliphatic carbocycles. The number of ether oxygens (including phenoxy) is 1. The highest BCUT2D eigenvalue weighted by Gasteiger charge is 2.28. The van der Waals surface area contributed by atoms with Gasteiger partial charge < -0.3 is 10.1 Å². The number of aromatic amines is 1. The largest absolute Gasteiger partial charge is 0.480 e. The van der Waals surface area contributed by atoms with Crippen LogP contribution in [0.4, 0.5) is 0 Å². The number of amides is 1. The standard InChI is InChI=1S/C15H17N3O2/c1-9-12(10(2)18-17-9)8-16-15(19)14-7-11-5-3-4-6-13(11)20-14/h3-6,14H,7-8H2,1-2H3,(H,16,19)(H,17,18). The molecule has 1 aliphatic rings. The van der Waals surface area contributed by atoms with Crippen molar-refractivity contribution in [1.29, 1.82) is 0 Å². The summed E-state index contributed by atoms with van der Waals surface area (Å²) in [6, 6.07) is 7.76. The molecule has 1 unspecified atom stereocenters. The quantitative estimate of drug-likeness (QED) is 0.892. The van der Waals surface area contributed by atoms with Crippen molar-refractivity contribution in [3.8, 4) is 5.75 Å². The molecular formula is C15H17N3O2. The Bertz CT molecular complexity index is 604. The van der Waals surface area contributed by atoms with E-state index in [1.807, 2.05) is 38.1 Å². The molecule has 3 rings (SSSR count). The first-order valence-corrected chi connectivity index (χ1v) is 6.68. The fourth-order valence-electron chi connectivity index (χ4n) is 2.45. The van der Waals surface area contributed by atoms with Gasteiger partial charge in [-0.3, -0.25) is 9.89 Å². The Kier molecular flexibility index (Phi) is 3.18. The van der Waals surface area contributed by atoms with Gasteiger partial charge in [0.15, 0.2) is 6.10 Å². The zero-order chi connectivity index (χ0) is 14.1. The smallest absolute Gasteiger partial charge is 0.261 e. The Balaban J connectivity index is 1.62. The van der Waals surface area contributed by atoms with E-state index < -0.39 is 6.10 Å². The predicted molar refractivity (Wildman–Crippen MR) is 74.5 cm³/mol. The molecule has 1 amide bonds. The zero-order valence-electron chi connectivity index (χ0n) is 11.6. The maximum atomic E-state index is 12.2. The summed E-state index contributed by atoms with van der Waals surface area (Å²) in [4.78, 5) is 12.2. The minimum Gasteiger partial charge on any atom is -0.480 e. The molecule has 20 heavy (non-hydrogen) atoms. The van der Waals surface area contributed by atoms with E-state index in [0.717, 1.165) is 28.3 Å². The van der Waals surface area contributed by atoms with Crippen LogP contribution in [0.5, 0.6) is 5.75 Å². The summed E-state index contributed by atoms with van der Waals surface area (Å²) >= 11 is 0. The number of fused-ring (bicyclic) bond motifs is 1. The molecule has 2 aromatic rings. The summed E-state index contributed by atoms with van der Waals surface area (Å²) in [5.74, 6) is 0.726. The van der Waals surface area contributed by atoms with Gasteiger partial charge in [-0.1, -0.05) is 18.2 Å². The number of carbonyl (C=O) groups excluding carboxylic acids is 1. The van der Waals surface area contributed by atoms with Gasteiger partial charge in [-0.05, 0) is 25.5 Å². The van der Waals surface area contributed by atoms with Gasteiger partial charge in [-0.2, -0.15) is 5.10 Å². The van der Waals surface area contributed by atoms with Crippen molar-refractivity contribution >= 4 is 5.91 Å². The van der Waals surface area contributed by atoms with Crippen molar-refractivity contribution < 1.29 is 9.53 Å². The van der Waals surface area contributed by atoms with Crippen molar-refractivity contribution in [2.45, 2.75) is 32.9 Å². The average molecular weight is 271 g/mol. The van der Waals surface area contributed by atoms with Crippen molar-refractivity contribution in [2.75, 3.05) is 0 Å². The number of nitrogens with zero attached hydrogens (tertiary/aromatic N) is 1. The summed E-state index contributed by atoms with van der Waals surface area (Å²) in [6.45, 7) is 4.35. The summed E-state index contributed by atoms with van der Waals surface area (Å²) < 4.78 is 5.66. The van der Waals surface area contributed by atoms with Crippen LogP contribution in [0.25, 0.3) is 0 Å². The van der Waals surface area contributed by atoms with Gasteiger partial charge in [0.25, 0.3) is 5.91 Å². The van der Waals surface area contributed by atoms with Crippen LogP contribution < -0.4 is 10.1 Å². The Labute approximate surface area is 117 Å². The lowest BCUT2D eigenvalue weighted by Crippen LogP contribution is -2.37. The third kappa shape index (κ3) is 2.27. The molecule has 0 bridgehead atoms. The van der Waals surface area contributed by atoms with Crippen LogP contribution in [0.3, 0.4) is 0 Å². The van der Waals surface area contributed by atoms with Crippen molar-refractivity contribution in [3.63, 3.8) is 0 Å². The molecule has 0 spiro atoms. The van der Waals surface area contributed by atoms with Crippen LogP contribution in [-0.2, 0) is 17.8 Å². The third-order valence-corrected chi connectivity index (χ3v) is 3.66. The van der Waals surface area contributed by atoms with Crippen LogP contribution in [0.1, 0.15) is 22.5 Å². The highest BCUT2D eigenvalue weighted by atomic mass is 16.5. The first kappa shape index (κ1) is 12.7. The molecule has 1 atom stereocenters. The maximum Gasteiger partial charge on any atom is 0.261 e. The van der Waals surface area contributed by atoms with Crippen LogP contribution in [-0.4, -0.2) is 22.2 Å². The Morgan fingerprint density at radius 3 is 2.95 bits per heavy atom. The van der Waals surface area contributed by atoms with E-state index in [0.29, 0.717) is 13.0 Å². The molecule has 5 heteroatoms. The Hall–Kier alpha value is -2.30. The summed E-state index contributed by atoms with van der Waals surface area (Å²) in [5.41, 5.74) is 4.02. The minimum absolute atomic E-state index is 0.0822. The van der Waals surface area contributed by atoms with Gasteiger partial charge in [0.2, 0.25) is 0 Å². The van der Waals surface area contributed by atoms with E-state index in [9.17, 15) is 4.79 Å². The van der Waals surface area contributed by atoms with Crippen LogP contribution in [0.15, 0.2) is 24.3 Å². The van der Waals surface area contributed by atoms with E-state index in [1.165, 1.54) is 0 Å². The number of H-pyrrole nitrogens is 1. The molecule has 2 heterocycles. The average Bonchev–Trinajstić information content (AvgIpc) is 3.01. The molecule has 0 saturated carbocycles. The number of nitrogens with one attached hydrogen (secondary N) is 2. The molecular weight excluding hydrogens is 254 g/mol. The summed E-state index contributed by atoms with van der Waals surface area (Å²) in [6.07, 6.45) is 0.200. The number of rotatable bonds is 3. The highest BCUT2D eigenvalue weighted by molar-refractivity contribution is 5.82. The fourth-order valence-corrected chi connectivity index (χ4v) is 2.45. The van der Waals surface area contributed by atoms with Crippen molar-refractivity contribution in [3.05, 3.63) is 46.8 Å². The van der Waals surface area contributed by atoms with E-state index in [4.69, 9.17) is 4.74 Å². The van der Waals surface area contributed by atoms with Gasteiger partial charge in [0, 0.05) is 24.2 Å². The lowest BCUT2D eigenvalue weighted by molar-refractivity contribution is -0.127. The molecule has 1 aromatic carbocycles. The number of aromatic nitrogens is 2. The van der Waals surface area contributed by atoms with E-state index in [1.54, 1.807) is 0 Å². The van der Waals surface area contributed by atoms with E-state index >= 15 is 0 Å². The van der Waals surface area contributed by atoms with Crippen LogP contribution in [0, 0.1) is 13.8 Å². The molecule has 2 N–H and O–H groups in total. The minimum atomic E-state index is -0.431. The molecule has 0 saturated heterocycles. The van der Waals surface area contributed by atoms with Gasteiger partial charge in [-0.15, -0.1) is 0 Å². The molecule has 0 radical (unpaired) electrons. The van der Waals surface area contributed by atoms with Crippen molar-refractivity contribution in [2.24, 2.45) is 0 Å². The topological polar surface area (TPSA) is 67.0 Å². The summed E-state index contributed by atoms with van der Waals surface area (Å²) in [5, 5.41) is 9.95. The first-order chi connectivity index (χ1) is 9.65. The molecule has 5 nitrogen and oxygen atoms in total. The van der Waals surface area contributed by atoms with Gasteiger partial charge >= 0.3 is 0 Å². The number of aryl methyl sites for hydroxylation is 2. The molecule has 104 valence electrons.